The van der Waals surface area contributed by atoms with E-state index < -0.39 is 9.84 Å². The largest absolute Gasteiger partial charge is 0.374 e. The smallest absolute Gasteiger partial charge is 0.191 e. The van der Waals surface area contributed by atoms with E-state index in [2.05, 4.69) is 15.6 Å². The highest BCUT2D eigenvalue weighted by Gasteiger charge is 2.28. The van der Waals surface area contributed by atoms with Crippen LogP contribution in [0.2, 0.25) is 0 Å². The van der Waals surface area contributed by atoms with Gasteiger partial charge in [0.05, 0.1) is 11.5 Å². The van der Waals surface area contributed by atoms with E-state index in [1.807, 2.05) is 18.0 Å². The number of aliphatic imine (C=N–C) groups is 1. The third-order valence-electron chi connectivity index (χ3n) is 4.01. The summed E-state index contributed by atoms with van der Waals surface area (Å²) >= 11 is 0. The standard InChI is InChI=1S/C16H25FN4O2S/c1-18-16(20-14-7-10-24(22,23)12-14)19-8-4-9-21(2)15-6-3-5-13(17)11-15/h3,5-6,11,14H,4,7-10,12H2,1-2H3,(H2,18,19,20). The summed E-state index contributed by atoms with van der Waals surface area (Å²) in [6.45, 7) is 1.46. The number of anilines is 1. The van der Waals surface area contributed by atoms with E-state index in [0.29, 0.717) is 18.9 Å². The lowest BCUT2D eigenvalue weighted by atomic mass is 10.2. The van der Waals surface area contributed by atoms with Crippen LogP contribution in [0, 0.1) is 5.82 Å². The molecule has 0 aliphatic carbocycles. The van der Waals surface area contributed by atoms with Gasteiger partial charge in [0.15, 0.2) is 15.8 Å². The zero-order valence-corrected chi connectivity index (χ0v) is 14.9. The van der Waals surface area contributed by atoms with Crippen molar-refractivity contribution in [2.45, 2.75) is 18.9 Å². The molecule has 8 heteroatoms. The minimum absolute atomic E-state index is 0.0730. The maximum absolute atomic E-state index is 13.2. The van der Waals surface area contributed by atoms with Crippen molar-refractivity contribution >= 4 is 21.5 Å². The molecule has 0 radical (unpaired) electrons. The second kappa shape index (κ2) is 8.32. The molecule has 2 rings (SSSR count). The summed E-state index contributed by atoms with van der Waals surface area (Å²) in [4.78, 5) is 6.11. The van der Waals surface area contributed by atoms with Gasteiger partial charge in [-0.3, -0.25) is 4.99 Å². The minimum Gasteiger partial charge on any atom is -0.374 e. The fourth-order valence-electron chi connectivity index (χ4n) is 2.66. The van der Waals surface area contributed by atoms with Crippen molar-refractivity contribution in [3.05, 3.63) is 30.1 Å². The van der Waals surface area contributed by atoms with Crippen LogP contribution in [0.25, 0.3) is 0 Å². The highest BCUT2D eigenvalue weighted by atomic mass is 32.2. The molecule has 0 spiro atoms. The van der Waals surface area contributed by atoms with Gasteiger partial charge in [-0.2, -0.15) is 0 Å². The molecule has 1 unspecified atom stereocenters. The number of guanidine groups is 1. The number of nitrogens with zero attached hydrogens (tertiary/aromatic N) is 2. The van der Waals surface area contributed by atoms with Crippen LogP contribution in [0.15, 0.2) is 29.3 Å². The molecule has 6 nitrogen and oxygen atoms in total. The Kier molecular flexibility index (Phi) is 6.42. The molecule has 0 bridgehead atoms. The fraction of sp³-hybridized carbons (Fsp3) is 0.562. The van der Waals surface area contributed by atoms with Crippen molar-refractivity contribution < 1.29 is 12.8 Å². The second-order valence-corrected chi connectivity index (χ2v) is 8.23. The number of nitrogens with one attached hydrogen (secondary N) is 2. The summed E-state index contributed by atoms with van der Waals surface area (Å²) in [5, 5.41) is 6.33. The van der Waals surface area contributed by atoms with Gasteiger partial charge in [-0.15, -0.1) is 0 Å². The van der Waals surface area contributed by atoms with E-state index >= 15 is 0 Å². The van der Waals surface area contributed by atoms with Crippen molar-refractivity contribution in [3.8, 4) is 0 Å². The first-order chi connectivity index (χ1) is 11.4. The Morgan fingerprint density at radius 2 is 2.25 bits per heavy atom. The normalized spacial score (nSPS) is 20.0. The number of sulfone groups is 1. The number of halogens is 1. The Hall–Kier alpha value is -1.83. The van der Waals surface area contributed by atoms with Gasteiger partial charge in [-0.25, -0.2) is 12.8 Å². The van der Waals surface area contributed by atoms with E-state index in [9.17, 15) is 12.8 Å². The van der Waals surface area contributed by atoms with Crippen LogP contribution >= 0.6 is 0 Å². The first kappa shape index (κ1) is 18.5. The average Bonchev–Trinajstić information content (AvgIpc) is 2.88. The fourth-order valence-corrected chi connectivity index (χ4v) is 4.34. The predicted molar refractivity (Wildman–Crippen MR) is 95.8 cm³/mol. The minimum atomic E-state index is -2.90. The molecule has 1 aromatic rings. The van der Waals surface area contributed by atoms with Crippen LogP contribution in [0.3, 0.4) is 0 Å². The highest BCUT2D eigenvalue weighted by molar-refractivity contribution is 7.91. The summed E-state index contributed by atoms with van der Waals surface area (Å²) in [5.74, 6) is 0.773. The Morgan fingerprint density at radius 3 is 2.88 bits per heavy atom. The molecule has 1 saturated heterocycles. The maximum Gasteiger partial charge on any atom is 0.191 e. The van der Waals surface area contributed by atoms with E-state index in [0.717, 1.165) is 18.7 Å². The molecule has 2 N–H and O–H groups in total. The molecule has 1 aliphatic heterocycles. The zero-order chi connectivity index (χ0) is 17.6. The van der Waals surface area contributed by atoms with Gasteiger partial charge in [-0.05, 0) is 31.0 Å². The number of hydrogen-bond acceptors (Lipinski definition) is 4. The molecule has 0 saturated carbocycles. The number of hydrogen-bond donors (Lipinski definition) is 2. The quantitative estimate of drug-likeness (QED) is 0.452. The van der Waals surface area contributed by atoms with E-state index in [4.69, 9.17) is 0 Å². The summed E-state index contributed by atoms with van der Waals surface area (Å²) in [6, 6.07) is 6.43. The van der Waals surface area contributed by atoms with Crippen molar-refractivity contribution in [1.82, 2.24) is 10.6 Å². The first-order valence-corrected chi connectivity index (χ1v) is 9.86. The van der Waals surface area contributed by atoms with Crippen LogP contribution in [-0.2, 0) is 9.84 Å². The van der Waals surface area contributed by atoms with Gasteiger partial charge in [0.1, 0.15) is 5.82 Å². The molecule has 134 valence electrons. The third kappa shape index (κ3) is 5.67. The third-order valence-corrected chi connectivity index (χ3v) is 5.78. The first-order valence-electron chi connectivity index (χ1n) is 8.04. The topological polar surface area (TPSA) is 73.8 Å². The van der Waals surface area contributed by atoms with Crippen LogP contribution in [0.1, 0.15) is 12.8 Å². The number of rotatable bonds is 6. The summed E-state index contributed by atoms with van der Waals surface area (Å²) in [5.41, 5.74) is 0.841. The molecule has 1 heterocycles. The predicted octanol–water partition coefficient (Wildman–Crippen LogP) is 1.00. The maximum atomic E-state index is 13.2. The number of benzene rings is 1. The van der Waals surface area contributed by atoms with Gasteiger partial charge >= 0.3 is 0 Å². The summed E-state index contributed by atoms with van der Waals surface area (Å²) in [7, 11) is 0.684. The molecular formula is C16H25FN4O2S. The molecule has 1 fully saturated rings. The Balaban J connectivity index is 1.70. The second-order valence-electron chi connectivity index (χ2n) is 6.00. The summed E-state index contributed by atoms with van der Waals surface area (Å²) in [6.07, 6.45) is 1.46. The van der Waals surface area contributed by atoms with Gasteiger partial charge in [-0.1, -0.05) is 6.07 Å². The Labute approximate surface area is 143 Å². The monoisotopic (exact) mass is 356 g/mol. The van der Waals surface area contributed by atoms with Gasteiger partial charge in [0, 0.05) is 38.9 Å². The average molecular weight is 356 g/mol. The Bertz CT molecular complexity index is 678. The molecule has 1 atom stereocenters. The highest BCUT2D eigenvalue weighted by Crippen LogP contribution is 2.14. The van der Waals surface area contributed by atoms with E-state index in [1.54, 1.807) is 13.1 Å². The van der Waals surface area contributed by atoms with Gasteiger partial charge in [0.2, 0.25) is 0 Å². The van der Waals surface area contributed by atoms with Crippen LogP contribution < -0.4 is 15.5 Å². The SMILES string of the molecule is CN=C(NCCCN(C)c1cccc(F)c1)NC1CCS(=O)(=O)C1. The van der Waals surface area contributed by atoms with Crippen molar-refractivity contribution in [2.24, 2.45) is 4.99 Å². The molecule has 0 amide bonds. The van der Waals surface area contributed by atoms with E-state index in [-0.39, 0.29) is 23.4 Å². The summed E-state index contributed by atoms with van der Waals surface area (Å²) < 4.78 is 36.2. The van der Waals surface area contributed by atoms with Crippen LogP contribution in [-0.4, -0.2) is 59.1 Å². The molecule has 24 heavy (non-hydrogen) atoms. The Morgan fingerprint density at radius 1 is 1.46 bits per heavy atom. The van der Waals surface area contributed by atoms with Crippen LogP contribution in [0.4, 0.5) is 10.1 Å². The van der Waals surface area contributed by atoms with Crippen molar-refractivity contribution in [2.75, 3.05) is 43.6 Å². The zero-order valence-electron chi connectivity index (χ0n) is 14.1. The molecular weight excluding hydrogens is 331 g/mol. The van der Waals surface area contributed by atoms with Crippen molar-refractivity contribution in [1.29, 1.82) is 0 Å². The lowest BCUT2D eigenvalue weighted by Gasteiger charge is -2.20. The van der Waals surface area contributed by atoms with Gasteiger partial charge in [0.25, 0.3) is 0 Å². The molecule has 0 aromatic heterocycles. The van der Waals surface area contributed by atoms with E-state index in [1.165, 1.54) is 12.1 Å². The molecule has 1 aliphatic rings. The lowest BCUT2D eigenvalue weighted by Crippen LogP contribution is -2.44. The van der Waals surface area contributed by atoms with Crippen molar-refractivity contribution in [3.63, 3.8) is 0 Å². The van der Waals surface area contributed by atoms with Crippen LogP contribution in [0.5, 0.6) is 0 Å². The van der Waals surface area contributed by atoms with Gasteiger partial charge < -0.3 is 15.5 Å². The lowest BCUT2D eigenvalue weighted by molar-refractivity contribution is 0.599. The molecule has 1 aromatic carbocycles.